The van der Waals surface area contributed by atoms with Crippen LogP contribution in [0.5, 0.6) is 0 Å². The van der Waals surface area contributed by atoms with Crippen molar-refractivity contribution >= 4 is 35.0 Å². The van der Waals surface area contributed by atoms with Crippen LogP contribution in [0, 0.1) is 12.3 Å². The van der Waals surface area contributed by atoms with Gasteiger partial charge < -0.3 is 0 Å². The van der Waals surface area contributed by atoms with Gasteiger partial charge in [-0.15, -0.1) is 18.2 Å². The summed E-state index contributed by atoms with van der Waals surface area (Å²) in [6.45, 7) is 0.613. The zero-order valence-electron chi connectivity index (χ0n) is 12.6. The second-order valence-corrected chi connectivity index (χ2v) is 7.39. The first-order valence-electron chi connectivity index (χ1n) is 7.54. The number of hydrogen-bond acceptors (Lipinski definition) is 2. The van der Waals surface area contributed by atoms with Gasteiger partial charge in [0.05, 0.1) is 6.54 Å². The number of hydrogen-bond donors (Lipinski definition) is 1. The molecule has 1 unspecified atom stereocenters. The predicted octanol–water partition coefficient (Wildman–Crippen LogP) is 5.50. The number of fused-ring (bicyclic) bond motifs is 1. The van der Waals surface area contributed by atoms with E-state index in [2.05, 4.69) is 29.4 Å². The van der Waals surface area contributed by atoms with E-state index in [0.717, 1.165) is 29.2 Å². The average Bonchev–Trinajstić information content (AvgIpc) is 2.96. The molecular formula is C19H17Cl2NS. The fraction of sp³-hybridized carbons (Fsp3) is 0.263. The van der Waals surface area contributed by atoms with E-state index in [9.17, 15) is 0 Å². The Morgan fingerprint density at radius 3 is 2.91 bits per heavy atom. The van der Waals surface area contributed by atoms with E-state index in [1.54, 1.807) is 6.07 Å². The molecule has 0 fully saturated rings. The Bertz CT molecular complexity index is 752. The van der Waals surface area contributed by atoms with E-state index in [-0.39, 0.29) is 0 Å². The van der Waals surface area contributed by atoms with Gasteiger partial charge in [0, 0.05) is 26.7 Å². The van der Waals surface area contributed by atoms with Crippen molar-refractivity contribution < 1.29 is 0 Å². The SMILES string of the molecule is C#CCNC1CCc2c(SCc3ccc(Cl)cc3Cl)cccc21. The van der Waals surface area contributed by atoms with Crippen molar-refractivity contribution in [2.75, 3.05) is 6.54 Å². The smallest absolute Gasteiger partial charge is 0.0578 e. The van der Waals surface area contributed by atoms with Gasteiger partial charge in [-0.3, -0.25) is 5.32 Å². The van der Waals surface area contributed by atoms with Crippen molar-refractivity contribution in [3.63, 3.8) is 0 Å². The molecule has 0 spiro atoms. The lowest BCUT2D eigenvalue weighted by Gasteiger charge is -2.13. The molecular weight excluding hydrogens is 345 g/mol. The van der Waals surface area contributed by atoms with E-state index in [1.165, 1.54) is 16.0 Å². The molecule has 118 valence electrons. The van der Waals surface area contributed by atoms with Gasteiger partial charge in [0.15, 0.2) is 0 Å². The summed E-state index contributed by atoms with van der Waals surface area (Å²) in [6, 6.07) is 12.6. The Hall–Kier alpha value is -1.11. The quantitative estimate of drug-likeness (QED) is 0.557. The number of benzene rings is 2. The Morgan fingerprint density at radius 1 is 1.26 bits per heavy atom. The molecule has 0 aliphatic heterocycles. The Balaban J connectivity index is 1.75. The molecule has 0 amide bonds. The highest BCUT2D eigenvalue weighted by atomic mass is 35.5. The first-order valence-corrected chi connectivity index (χ1v) is 9.28. The third-order valence-electron chi connectivity index (χ3n) is 4.08. The number of rotatable bonds is 5. The first-order chi connectivity index (χ1) is 11.2. The molecule has 23 heavy (non-hydrogen) atoms. The first kappa shape index (κ1) is 16.7. The van der Waals surface area contributed by atoms with Crippen LogP contribution in [-0.2, 0) is 12.2 Å². The number of halogens is 2. The summed E-state index contributed by atoms with van der Waals surface area (Å²) < 4.78 is 0. The minimum atomic E-state index is 0.376. The molecule has 1 aliphatic rings. The van der Waals surface area contributed by atoms with Crippen molar-refractivity contribution in [1.82, 2.24) is 5.32 Å². The largest absolute Gasteiger partial charge is 0.299 e. The third-order valence-corrected chi connectivity index (χ3v) is 5.81. The highest BCUT2D eigenvalue weighted by Gasteiger charge is 2.23. The van der Waals surface area contributed by atoms with Crippen LogP contribution < -0.4 is 5.32 Å². The third kappa shape index (κ3) is 3.87. The zero-order valence-corrected chi connectivity index (χ0v) is 14.9. The van der Waals surface area contributed by atoms with Crippen LogP contribution in [0.15, 0.2) is 41.3 Å². The van der Waals surface area contributed by atoms with E-state index in [0.29, 0.717) is 17.6 Å². The molecule has 0 saturated heterocycles. The van der Waals surface area contributed by atoms with Gasteiger partial charge in [-0.25, -0.2) is 0 Å². The predicted molar refractivity (Wildman–Crippen MR) is 100 cm³/mol. The lowest BCUT2D eigenvalue weighted by molar-refractivity contribution is 0.568. The van der Waals surface area contributed by atoms with Crippen molar-refractivity contribution in [1.29, 1.82) is 0 Å². The number of nitrogens with one attached hydrogen (secondary N) is 1. The summed E-state index contributed by atoms with van der Waals surface area (Å²) in [4.78, 5) is 1.33. The van der Waals surface area contributed by atoms with Crippen LogP contribution in [0.2, 0.25) is 10.0 Å². The topological polar surface area (TPSA) is 12.0 Å². The van der Waals surface area contributed by atoms with Gasteiger partial charge >= 0.3 is 0 Å². The normalized spacial score (nSPS) is 16.1. The lowest BCUT2D eigenvalue weighted by Crippen LogP contribution is -2.19. The molecule has 4 heteroatoms. The van der Waals surface area contributed by atoms with Crippen LogP contribution >= 0.6 is 35.0 Å². The highest BCUT2D eigenvalue weighted by Crippen LogP contribution is 2.39. The zero-order chi connectivity index (χ0) is 16.2. The Kier molecular flexibility index (Phi) is 5.56. The average molecular weight is 362 g/mol. The highest BCUT2D eigenvalue weighted by molar-refractivity contribution is 7.98. The van der Waals surface area contributed by atoms with Gasteiger partial charge in [0.25, 0.3) is 0 Å². The van der Waals surface area contributed by atoms with Gasteiger partial charge in [-0.1, -0.05) is 47.3 Å². The van der Waals surface area contributed by atoms with Gasteiger partial charge in [-0.2, -0.15) is 0 Å². The molecule has 0 saturated carbocycles. The van der Waals surface area contributed by atoms with Crippen LogP contribution in [0.1, 0.15) is 29.2 Å². The van der Waals surface area contributed by atoms with Crippen LogP contribution in [0.3, 0.4) is 0 Å². The standard InChI is InChI=1S/C19H17Cl2NS/c1-2-10-22-18-9-8-16-15(18)4-3-5-19(16)23-12-13-6-7-14(20)11-17(13)21/h1,3-7,11,18,22H,8-10,12H2. The van der Waals surface area contributed by atoms with Gasteiger partial charge in [-0.05, 0) is 47.7 Å². The minimum absolute atomic E-state index is 0.376. The Labute approximate surface area is 151 Å². The summed E-state index contributed by atoms with van der Waals surface area (Å²) in [5.74, 6) is 3.50. The van der Waals surface area contributed by atoms with E-state index >= 15 is 0 Å². The fourth-order valence-electron chi connectivity index (χ4n) is 2.94. The summed E-state index contributed by atoms with van der Waals surface area (Å²) in [6.07, 6.45) is 7.55. The fourth-order valence-corrected chi connectivity index (χ4v) is 4.63. The van der Waals surface area contributed by atoms with Crippen LogP contribution in [0.4, 0.5) is 0 Å². The van der Waals surface area contributed by atoms with Crippen LogP contribution in [0.25, 0.3) is 0 Å². The molecule has 0 bridgehead atoms. The molecule has 0 aromatic heterocycles. The van der Waals surface area contributed by atoms with Crippen molar-refractivity contribution in [3.8, 4) is 12.3 Å². The molecule has 3 rings (SSSR count). The van der Waals surface area contributed by atoms with Crippen LogP contribution in [-0.4, -0.2) is 6.54 Å². The Morgan fingerprint density at radius 2 is 2.13 bits per heavy atom. The molecule has 1 N–H and O–H groups in total. The second kappa shape index (κ2) is 7.64. The van der Waals surface area contributed by atoms with Crippen molar-refractivity contribution in [2.24, 2.45) is 0 Å². The lowest BCUT2D eigenvalue weighted by atomic mass is 10.1. The van der Waals surface area contributed by atoms with Gasteiger partial charge in [0.1, 0.15) is 0 Å². The maximum absolute atomic E-state index is 6.27. The number of thioether (sulfide) groups is 1. The summed E-state index contributed by atoms with van der Waals surface area (Å²) in [5.41, 5.74) is 3.93. The number of terminal acetylenes is 1. The molecule has 1 atom stereocenters. The minimum Gasteiger partial charge on any atom is -0.299 e. The second-order valence-electron chi connectivity index (χ2n) is 5.52. The van der Waals surface area contributed by atoms with E-state index < -0.39 is 0 Å². The maximum atomic E-state index is 6.27. The molecule has 1 nitrogen and oxygen atoms in total. The summed E-state index contributed by atoms with van der Waals surface area (Å²) >= 11 is 14.1. The molecule has 0 heterocycles. The molecule has 2 aromatic carbocycles. The molecule has 0 radical (unpaired) electrons. The molecule has 1 aliphatic carbocycles. The van der Waals surface area contributed by atoms with E-state index in [4.69, 9.17) is 29.6 Å². The molecule has 2 aromatic rings. The maximum Gasteiger partial charge on any atom is 0.0578 e. The van der Waals surface area contributed by atoms with Gasteiger partial charge in [0.2, 0.25) is 0 Å². The van der Waals surface area contributed by atoms with Crippen molar-refractivity contribution in [2.45, 2.75) is 29.5 Å². The summed E-state index contributed by atoms with van der Waals surface area (Å²) in [5, 5.41) is 4.82. The van der Waals surface area contributed by atoms with Crippen molar-refractivity contribution in [3.05, 3.63) is 63.1 Å². The summed E-state index contributed by atoms with van der Waals surface area (Å²) in [7, 11) is 0. The monoisotopic (exact) mass is 361 g/mol. The van der Waals surface area contributed by atoms with E-state index in [1.807, 2.05) is 23.9 Å².